The molecule has 0 fully saturated rings. The Labute approximate surface area is 385 Å². The normalized spacial score (nSPS) is 9.34. The van der Waals surface area contributed by atoms with Crippen LogP contribution < -0.4 is 27.8 Å². The van der Waals surface area contributed by atoms with Crippen LogP contribution in [0.1, 0.15) is 55.5 Å². The van der Waals surface area contributed by atoms with Gasteiger partial charge in [-0.3, -0.25) is 19.2 Å². The lowest BCUT2D eigenvalue weighted by atomic mass is 10.1. The molecule has 0 bridgehead atoms. The number of nitrogens with one attached hydrogen (secondary N) is 2. The number of esters is 2. The number of carbonyl (C=O) groups excluding carboxylic acids is 4. The lowest BCUT2D eigenvalue weighted by Crippen LogP contribution is -2.08. The van der Waals surface area contributed by atoms with Crippen LogP contribution in [0.2, 0.25) is 0 Å². The number of anilines is 5. The second-order valence-electron chi connectivity index (χ2n) is 12.9. The zero-order valence-corrected chi connectivity index (χ0v) is 39.3. The van der Waals surface area contributed by atoms with Gasteiger partial charge in [-0.25, -0.2) is 31.6 Å². The zero-order valence-electron chi connectivity index (χ0n) is 36.2. The summed E-state index contributed by atoms with van der Waals surface area (Å²) < 4.78 is 70.6. The minimum absolute atomic E-state index is 0.0925. The molecule has 2 amide bonds. The fourth-order valence-corrected chi connectivity index (χ4v) is 5.01. The number of amides is 2. The molecule has 0 aliphatic heterocycles. The average molecular weight is 1020 g/mol. The van der Waals surface area contributed by atoms with Gasteiger partial charge in [0.05, 0.1) is 41.6 Å². The van der Waals surface area contributed by atoms with Crippen LogP contribution in [0, 0.1) is 76.8 Å². The summed E-state index contributed by atoms with van der Waals surface area (Å²) >= 11 is 6.38. The highest BCUT2D eigenvalue weighted by molar-refractivity contribution is 9.10. The first-order valence-electron chi connectivity index (χ1n) is 18.2. The van der Waals surface area contributed by atoms with Gasteiger partial charge in [0.25, 0.3) is 0 Å². The third kappa shape index (κ3) is 19.5. The highest BCUT2D eigenvalue weighted by Gasteiger charge is 2.11. The van der Waals surface area contributed by atoms with Gasteiger partial charge in [-0.1, -0.05) is 56.1 Å². The molecule has 0 unspecified atom stereocenters. The van der Waals surface area contributed by atoms with Gasteiger partial charge in [0, 0.05) is 47.8 Å². The van der Waals surface area contributed by atoms with Crippen LogP contribution in [0.15, 0.2) is 75.7 Å². The van der Waals surface area contributed by atoms with E-state index < -0.39 is 29.4 Å². The zero-order chi connectivity index (χ0) is 49.6. The van der Waals surface area contributed by atoms with Gasteiger partial charge in [0.1, 0.15) is 23.3 Å². The number of halogens is 7. The van der Waals surface area contributed by atoms with Crippen molar-refractivity contribution in [1.82, 2.24) is 0 Å². The van der Waals surface area contributed by atoms with Crippen LogP contribution in [-0.2, 0) is 23.9 Å². The van der Waals surface area contributed by atoms with Crippen molar-refractivity contribution in [2.45, 2.75) is 62.3 Å². The van der Waals surface area contributed by atoms with Crippen LogP contribution >= 0.6 is 31.9 Å². The van der Waals surface area contributed by atoms with Crippen molar-refractivity contribution in [3.05, 3.63) is 155 Å². The van der Waals surface area contributed by atoms with E-state index in [4.69, 9.17) is 30.3 Å². The number of benzene rings is 5. The summed E-state index contributed by atoms with van der Waals surface area (Å²) in [5, 5.41) is 4.75. The fourth-order valence-electron chi connectivity index (χ4n) is 4.40. The molecule has 0 spiro atoms. The third-order valence-electron chi connectivity index (χ3n) is 7.79. The lowest BCUT2D eigenvalue weighted by Gasteiger charge is -2.06. The number of hydrogen-bond acceptors (Lipinski definition) is 8. The molecule has 0 aliphatic carbocycles. The molecule has 0 saturated carbocycles. The van der Waals surface area contributed by atoms with Gasteiger partial charge < -0.3 is 32.6 Å². The van der Waals surface area contributed by atoms with Crippen molar-refractivity contribution in [1.29, 1.82) is 0 Å². The molecule has 12 nitrogen and oxygen atoms in total. The Kier molecular flexibility index (Phi) is 25.0. The predicted octanol–water partition coefficient (Wildman–Crippen LogP) is 12.1. The quantitative estimate of drug-likeness (QED) is 0.0380. The minimum Gasteiger partial charge on any atom is -0.396 e. The van der Waals surface area contributed by atoms with Crippen LogP contribution in [0.3, 0.4) is 0 Å². The van der Waals surface area contributed by atoms with Gasteiger partial charge in [0.15, 0.2) is 17.2 Å². The lowest BCUT2D eigenvalue weighted by molar-refractivity contribution is -0.156. The number of nitrogens with two attached hydrogens (primary N) is 3. The first-order chi connectivity index (χ1) is 29.7. The maximum atomic E-state index is 13.5. The predicted molar refractivity (Wildman–Crippen MR) is 248 cm³/mol. The number of nitrogens with zero attached hydrogens (tertiary/aromatic N) is 2. The molecule has 0 aliphatic rings. The van der Waals surface area contributed by atoms with E-state index in [-0.39, 0.29) is 63.1 Å². The Morgan fingerprint density at radius 1 is 0.516 bits per heavy atom. The Balaban J connectivity index is 0.000000754. The van der Waals surface area contributed by atoms with Gasteiger partial charge in [0.2, 0.25) is 11.8 Å². The Hall–Kier alpha value is -6.83. The molecule has 5 rings (SSSR count). The van der Waals surface area contributed by atoms with E-state index in [1.807, 2.05) is 0 Å². The fraction of sp³-hybridized carbons (Fsp3) is 0.200. The molecule has 0 aromatic heterocycles. The topological polar surface area (TPSA) is 188 Å². The monoisotopic (exact) mass is 1020 g/mol. The number of hydrogen-bond donors (Lipinski definition) is 5. The van der Waals surface area contributed by atoms with E-state index in [0.29, 0.717) is 32.4 Å². The van der Waals surface area contributed by atoms with Crippen molar-refractivity contribution in [3.63, 3.8) is 0 Å². The summed E-state index contributed by atoms with van der Waals surface area (Å²) in [5.74, 6) is -3.82. The highest BCUT2D eigenvalue weighted by atomic mass is 79.9. The average Bonchev–Trinajstić information content (AvgIpc) is 3.22. The molecule has 0 heterocycles. The van der Waals surface area contributed by atoms with Crippen LogP contribution in [-0.4, -0.2) is 23.8 Å². The number of ether oxygens (including phenoxy) is 1. The molecule has 19 heteroatoms. The summed E-state index contributed by atoms with van der Waals surface area (Å²) in [5.41, 5.74) is 19.4. The SMILES string of the molecule is CC(=O)Nc1ccc(Br)c(C)c1F.CC(=O)OC(C)=O.Cc1c(Br)ccc(N)c1F.Cc1cccc(N)c1F.[C-]#[N+]c1ccc(N)c(F)c1C.[C-]#[N+]c1ccc(NC(C)=O)c(F)c1C. The van der Waals surface area contributed by atoms with Crippen molar-refractivity contribution in [3.8, 4) is 0 Å². The first kappa shape index (κ1) is 57.2. The molecule has 8 N–H and O–H groups in total. The Morgan fingerprint density at radius 3 is 1.23 bits per heavy atom. The summed E-state index contributed by atoms with van der Waals surface area (Å²) in [7, 11) is 0. The molecule has 5 aromatic carbocycles. The second-order valence-corrected chi connectivity index (χ2v) is 14.7. The number of aryl methyl sites for hydroxylation is 1. The van der Waals surface area contributed by atoms with Gasteiger partial charge >= 0.3 is 11.9 Å². The van der Waals surface area contributed by atoms with Crippen LogP contribution in [0.25, 0.3) is 9.69 Å². The maximum absolute atomic E-state index is 13.5. The van der Waals surface area contributed by atoms with E-state index in [2.05, 4.69) is 56.9 Å². The molecule has 0 saturated heterocycles. The third-order valence-corrected chi connectivity index (χ3v) is 9.51. The smallest absolute Gasteiger partial charge is 0.310 e. The van der Waals surface area contributed by atoms with Crippen molar-refractivity contribution in [2.24, 2.45) is 0 Å². The number of rotatable bonds is 2. The highest BCUT2D eigenvalue weighted by Crippen LogP contribution is 2.28. The molecule has 64 heavy (non-hydrogen) atoms. The summed E-state index contributed by atoms with van der Waals surface area (Å²) in [6.45, 7) is 26.5. The number of nitrogen functional groups attached to an aromatic ring is 3. The van der Waals surface area contributed by atoms with E-state index in [1.165, 1.54) is 71.0 Å². The molecule has 340 valence electrons. The molecular formula is C45H46Br2F5N7O5. The largest absolute Gasteiger partial charge is 0.396 e. The van der Waals surface area contributed by atoms with E-state index in [9.17, 15) is 41.1 Å². The minimum atomic E-state index is -0.562. The van der Waals surface area contributed by atoms with Gasteiger partial charge in [-0.05, 0) is 93.8 Å². The van der Waals surface area contributed by atoms with E-state index in [1.54, 1.807) is 58.0 Å². The Bertz CT molecular complexity index is 2500. The summed E-state index contributed by atoms with van der Waals surface area (Å²) in [6, 6.07) is 17.2. The number of carbonyl (C=O) groups is 4. The van der Waals surface area contributed by atoms with Crippen molar-refractivity contribution < 1.29 is 45.9 Å². The first-order valence-corrected chi connectivity index (χ1v) is 19.8. The van der Waals surface area contributed by atoms with Crippen LogP contribution in [0.5, 0.6) is 0 Å². The van der Waals surface area contributed by atoms with Gasteiger partial charge in [-0.15, -0.1) is 0 Å². The summed E-state index contributed by atoms with van der Waals surface area (Å²) in [6.07, 6.45) is 0. The van der Waals surface area contributed by atoms with Gasteiger partial charge in [-0.2, -0.15) is 0 Å². The van der Waals surface area contributed by atoms with E-state index >= 15 is 0 Å². The summed E-state index contributed by atoms with van der Waals surface area (Å²) in [4.78, 5) is 47.3. The molecule has 0 radical (unpaired) electrons. The van der Waals surface area contributed by atoms with Crippen molar-refractivity contribution in [2.75, 3.05) is 27.8 Å². The Morgan fingerprint density at radius 2 is 0.859 bits per heavy atom. The molecule has 5 aromatic rings. The van der Waals surface area contributed by atoms with Crippen molar-refractivity contribution >= 4 is 95.4 Å². The molecule has 0 atom stereocenters. The maximum Gasteiger partial charge on any atom is 0.310 e. The second kappa shape index (κ2) is 28.0. The molecular weight excluding hydrogens is 973 g/mol. The standard InChI is InChI=1S/C10H9FN2O.C9H9BrFNO.C8H7FN2.C7H7BrFN.C7H8FN.C4H6O3/c1-6-8(12-3)4-5-9(10(6)11)13-7(2)14;1-5-7(10)3-4-8(9(5)11)12-6(2)13;1-5-7(11-2)4-3-6(10)8(5)9;1-4-5(8)2-3-6(10)7(4)9;1-5-3-2-4-6(9)7(5)8;1-3(5)7-4(2)6/h4-5H,1-2H3,(H,13,14);3-4H,1-2H3,(H,12,13);3-4H,10H2,1H3;2-3H,10H2,1H3;2-4H,9H2,1H3;1-2H3. The van der Waals surface area contributed by atoms with E-state index in [0.717, 1.165) is 4.47 Å². The van der Waals surface area contributed by atoms with Crippen LogP contribution in [0.4, 0.5) is 61.8 Å².